The van der Waals surface area contributed by atoms with E-state index in [0.29, 0.717) is 26.1 Å². The molecule has 1 unspecified atom stereocenters. The summed E-state index contributed by atoms with van der Waals surface area (Å²) >= 11 is 5.90. The third-order valence-electron chi connectivity index (χ3n) is 4.44. The molecule has 2 aliphatic heterocycles. The van der Waals surface area contributed by atoms with Crippen molar-refractivity contribution in [1.82, 2.24) is 9.21 Å². The summed E-state index contributed by atoms with van der Waals surface area (Å²) in [5.74, 6) is -0.0741. The predicted octanol–water partition coefficient (Wildman–Crippen LogP) is 1.22. The van der Waals surface area contributed by atoms with E-state index >= 15 is 0 Å². The second-order valence-corrected chi connectivity index (χ2v) is 8.33. The summed E-state index contributed by atoms with van der Waals surface area (Å²) < 4.78 is 32.4. The Labute approximate surface area is 151 Å². The lowest BCUT2D eigenvalue weighted by Crippen LogP contribution is -2.52. The molecule has 134 valence electrons. The van der Waals surface area contributed by atoms with E-state index in [9.17, 15) is 13.2 Å². The van der Waals surface area contributed by atoms with Gasteiger partial charge in [0.15, 0.2) is 0 Å². The Kier molecular flexibility index (Phi) is 5.29. The molecule has 2 aliphatic rings. The van der Waals surface area contributed by atoms with Gasteiger partial charge in [-0.2, -0.15) is 9.57 Å². The van der Waals surface area contributed by atoms with Crippen molar-refractivity contribution in [3.05, 3.63) is 28.8 Å². The zero-order valence-corrected chi connectivity index (χ0v) is 15.1. The van der Waals surface area contributed by atoms with E-state index in [2.05, 4.69) is 0 Å². The van der Waals surface area contributed by atoms with Gasteiger partial charge in [-0.15, -0.1) is 0 Å². The number of amides is 1. The molecule has 0 N–H and O–H groups in total. The first-order valence-electron chi connectivity index (χ1n) is 8.03. The summed E-state index contributed by atoms with van der Waals surface area (Å²) in [5.41, 5.74) is 0.0576. The summed E-state index contributed by atoms with van der Waals surface area (Å²) in [6.07, 6.45) is 1.18. The van der Waals surface area contributed by atoms with Gasteiger partial charge in [-0.1, -0.05) is 11.6 Å². The van der Waals surface area contributed by atoms with Crippen molar-refractivity contribution in [2.24, 2.45) is 0 Å². The van der Waals surface area contributed by atoms with E-state index in [1.807, 2.05) is 6.07 Å². The molecule has 0 aliphatic carbocycles. The van der Waals surface area contributed by atoms with Crippen LogP contribution in [0.2, 0.25) is 5.02 Å². The molecule has 2 saturated heterocycles. The highest BCUT2D eigenvalue weighted by atomic mass is 35.5. The van der Waals surface area contributed by atoms with Gasteiger partial charge in [0, 0.05) is 37.8 Å². The Balaban J connectivity index is 1.73. The van der Waals surface area contributed by atoms with Gasteiger partial charge in [0.1, 0.15) is 17.1 Å². The van der Waals surface area contributed by atoms with Gasteiger partial charge in [-0.3, -0.25) is 4.79 Å². The quantitative estimate of drug-likeness (QED) is 0.782. The number of carbonyl (C=O) groups is 1. The summed E-state index contributed by atoms with van der Waals surface area (Å²) in [6, 6.07) is 6.06. The van der Waals surface area contributed by atoms with Crippen molar-refractivity contribution in [2.75, 3.05) is 32.8 Å². The number of rotatable bonds is 3. The first-order chi connectivity index (χ1) is 11.9. The minimum absolute atomic E-state index is 0.0576. The van der Waals surface area contributed by atoms with Crippen LogP contribution in [0.1, 0.15) is 18.4 Å². The summed E-state index contributed by atoms with van der Waals surface area (Å²) in [7, 11) is -3.84. The maximum Gasteiger partial charge on any atom is 0.251 e. The first-order valence-corrected chi connectivity index (χ1v) is 9.85. The zero-order chi connectivity index (χ0) is 18.0. The highest BCUT2D eigenvalue weighted by Crippen LogP contribution is 2.25. The number of benzene rings is 1. The number of carbonyl (C=O) groups excluding carboxylic acids is 1. The highest BCUT2D eigenvalue weighted by molar-refractivity contribution is 7.89. The summed E-state index contributed by atoms with van der Waals surface area (Å²) in [6.45, 7) is 1.56. The molecular formula is C16H18ClN3O4S. The fourth-order valence-electron chi connectivity index (χ4n) is 3.07. The molecule has 1 atom stereocenters. The molecule has 3 rings (SSSR count). The third-order valence-corrected chi connectivity index (χ3v) is 6.61. The van der Waals surface area contributed by atoms with E-state index in [0.717, 1.165) is 6.42 Å². The maximum absolute atomic E-state index is 12.8. The van der Waals surface area contributed by atoms with E-state index in [1.54, 1.807) is 4.90 Å². The molecule has 7 nitrogen and oxygen atoms in total. The van der Waals surface area contributed by atoms with E-state index < -0.39 is 16.1 Å². The molecule has 0 radical (unpaired) electrons. The molecule has 1 amide bonds. The predicted molar refractivity (Wildman–Crippen MR) is 90.5 cm³/mol. The number of nitrogens with zero attached hydrogens (tertiary/aromatic N) is 3. The number of ether oxygens (including phenoxy) is 1. The molecule has 2 heterocycles. The Bertz CT molecular complexity index is 807. The van der Waals surface area contributed by atoms with Crippen LogP contribution >= 0.6 is 11.6 Å². The normalized spacial score (nSPS) is 21.9. The van der Waals surface area contributed by atoms with Crippen LogP contribution in [0.4, 0.5) is 0 Å². The van der Waals surface area contributed by atoms with E-state index in [4.69, 9.17) is 21.6 Å². The van der Waals surface area contributed by atoms with Gasteiger partial charge < -0.3 is 9.64 Å². The van der Waals surface area contributed by atoms with E-state index in [1.165, 1.54) is 22.5 Å². The minimum Gasteiger partial charge on any atom is -0.368 e. The smallest absolute Gasteiger partial charge is 0.251 e. The van der Waals surface area contributed by atoms with Gasteiger partial charge in [0.05, 0.1) is 5.56 Å². The minimum atomic E-state index is -3.84. The Morgan fingerprint density at radius 1 is 1.28 bits per heavy atom. The number of nitriles is 1. The van der Waals surface area contributed by atoms with Gasteiger partial charge in [0.25, 0.3) is 5.91 Å². The third kappa shape index (κ3) is 3.65. The van der Waals surface area contributed by atoms with Crippen LogP contribution in [0.15, 0.2) is 23.1 Å². The largest absolute Gasteiger partial charge is 0.368 e. The van der Waals surface area contributed by atoms with Crippen molar-refractivity contribution in [2.45, 2.75) is 23.8 Å². The lowest BCUT2D eigenvalue weighted by molar-refractivity contribution is -0.142. The van der Waals surface area contributed by atoms with Crippen molar-refractivity contribution in [1.29, 1.82) is 5.26 Å². The number of hydrogen-bond donors (Lipinski definition) is 0. The molecule has 9 heteroatoms. The number of hydrogen-bond acceptors (Lipinski definition) is 5. The average molecular weight is 384 g/mol. The molecular weight excluding hydrogens is 366 g/mol. The van der Waals surface area contributed by atoms with Crippen LogP contribution in [0, 0.1) is 11.3 Å². The number of piperazine rings is 1. The zero-order valence-electron chi connectivity index (χ0n) is 13.5. The van der Waals surface area contributed by atoms with Gasteiger partial charge >= 0.3 is 0 Å². The molecule has 1 aromatic carbocycles. The summed E-state index contributed by atoms with van der Waals surface area (Å²) in [5, 5.41) is 9.42. The molecule has 25 heavy (non-hydrogen) atoms. The standard InChI is InChI=1S/C16H18ClN3O4S/c17-13-4-3-12(11-18)15(10-13)25(22,23)20-7-5-19(6-8-20)16(21)14-2-1-9-24-14/h3-4,10,14H,1-2,5-9H2. The molecule has 1 aromatic rings. The number of halogens is 1. The van der Waals surface area contributed by atoms with Crippen LogP contribution in [0.25, 0.3) is 0 Å². The SMILES string of the molecule is N#Cc1ccc(Cl)cc1S(=O)(=O)N1CCN(C(=O)C2CCCO2)CC1. The fourth-order valence-corrected chi connectivity index (χ4v) is 4.89. The van der Waals surface area contributed by atoms with Gasteiger partial charge in [-0.25, -0.2) is 8.42 Å². The van der Waals surface area contributed by atoms with Crippen LogP contribution in [-0.2, 0) is 19.6 Å². The van der Waals surface area contributed by atoms with Crippen LogP contribution in [0.3, 0.4) is 0 Å². The maximum atomic E-state index is 12.8. The van der Waals surface area contributed by atoms with Crippen molar-refractivity contribution >= 4 is 27.5 Å². The Morgan fingerprint density at radius 3 is 2.60 bits per heavy atom. The van der Waals surface area contributed by atoms with Crippen LogP contribution in [0.5, 0.6) is 0 Å². The molecule has 0 spiro atoms. The first kappa shape index (κ1) is 18.1. The average Bonchev–Trinajstić information content (AvgIpc) is 3.16. The second kappa shape index (κ2) is 7.30. The monoisotopic (exact) mass is 383 g/mol. The Morgan fingerprint density at radius 2 is 2.00 bits per heavy atom. The van der Waals surface area contributed by atoms with Crippen LogP contribution in [-0.4, -0.2) is 62.4 Å². The van der Waals surface area contributed by atoms with Crippen molar-refractivity contribution in [3.63, 3.8) is 0 Å². The van der Waals surface area contributed by atoms with Crippen LogP contribution < -0.4 is 0 Å². The topological polar surface area (TPSA) is 90.7 Å². The lowest BCUT2D eigenvalue weighted by atomic mass is 10.2. The fraction of sp³-hybridized carbons (Fsp3) is 0.500. The van der Waals surface area contributed by atoms with E-state index in [-0.39, 0.29) is 34.5 Å². The lowest BCUT2D eigenvalue weighted by Gasteiger charge is -2.35. The molecule has 2 fully saturated rings. The second-order valence-electron chi connectivity index (χ2n) is 5.98. The molecule has 0 bridgehead atoms. The van der Waals surface area contributed by atoms with Crippen molar-refractivity contribution < 1.29 is 17.9 Å². The van der Waals surface area contributed by atoms with Gasteiger partial charge in [-0.05, 0) is 31.0 Å². The molecule has 0 aromatic heterocycles. The number of sulfonamides is 1. The Hall–Kier alpha value is -1.66. The molecule has 0 saturated carbocycles. The van der Waals surface area contributed by atoms with Gasteiger partial charge in [0.2, 0.25) is 10.0 Å². The highest BCUT2D eigenvalue weighted by Gasteiger charge is 2.34. The van der Waals surface area contributed by atoms with Crippen molar-refractivity contribution in [3.8, 4) is 6.07 Å². The summed E-state index contributed by atoms with van der Waals surface area (Å²) in [4.78, 5) is 13.9.